The Balaban J connectivity index is 0. The Kier molecular flexibility index (Phi) is 10.9. The first-order chi connectivity index (χ1) is 4.43. The van der Waals surface area contributed by atoms with Gasteiger partial charge in [-0.05, 0) is 18.8 Å². The van der Waals surface area contributed by atoms with Gasteiger partial charge in [0, 0.05) is 19.8 Å². The van der Waals surface area contributed by atoms with E-state index < -0.39 is 0 Å². The number of halogens is 2. The van der Waals surface area contributed by atoms with Gasteiger partial charge < -0.3 is 4.74 Å². The third-order valence-electron chi connectivity index (χ3n) is 1.75. The van der Waals surface area contributed by atoms with Gasteiger partial charge in [-0.2, -0.15) is 0 Å². The van der Waals surface area contributed by atoms with E-state index in [9.17, 15) is 0 Å². The number of hydrogen-bond acceptors (Lipinski definition) is 3. The predicted octanol–water partition coefficient (Wildman–Crippen LogP) is 0.720. The van der Waals surface area contributed by atoms with Crippen LogP contribution in [0.2, 0.25) is 0 Å². The molecule has 1 fully saturated rings. The van der Waals surface area contributed by atoms with Gasteiger partial charge in [-0.1, -0.05) is 0 Å². The number of nitrogens with one attached hydrogen (secondary N) is 1. The lowest BCUT2D eigenvalue weighted by molar-refractivity contribution is 0.0664. The number of rotatable bonds is 2. The van der Waals surface area contributed by atoms with Crippen molar-refractivity contribution in [3.05, 3.63) is 0 Å². The van der Waals surface area contributed by atoms with Gasteiger partial charge in [0.1, 0.15) is 0 Å². The average molecular weight is 203 g/mol. The molecule has 0 unspecified atom stereocenters. The van der Waals surface area contributed by atoms with Crippen LogP contribution in [0.5, 0.6) is 0 Å². The van der Waals surface area contributed by atoms with E-state index in [1.807, 2.05) is 0 Å². The van der Waals surface area contributed by atoms with Crippen LogP contribution in [0.4, 0.5) is 0 Å². The van der Waals surface area contributed by atoms with Crippen LogP contribution in [0.25, 0.3) is 0 Å². The zero-order valence-electron chi connectivity index (χ0n) is 6.41. The van der Waals surface area contributed by atoms with Crippen molar-refractivity contribution in [3.63, 3.8) is 0 Å². The van der Waals surface area contributed by atoms with Crippen LogP contribution >= 0.6 is 24.8 Å². The molecular formula is C6H16Cl2N2O. The van der Waals surface area contributed by atoms with Crippen LogP contribution < -0.4 is 11.3 Å². The van der Waals surface area contributed by atoms with Gasteiger partial charge in [0.25, 0.3) is 0 Å². The summed E-state index contributed by atoms with van der Waals surface area (Å²) in [7, 11) is 0. The maximum atomic E-state index is 5.18. The summed E-state index contributed by atoms with van der Waals surface area (Å²) in [6.07, 6.45) is 2.31. The van der Waals surface area contributed by atoms with Crippen molar-refractivity contribution in [2.75, 3.05) is 19.8 Å². The molecule has 0 saturated carbocycles. The molecule has 70 valence electrons. The summed E-state index contributed by atoms with van der Waals surface area (Å²) >= 11 is 0. The molecule has 1 saturated heterocycles. The number of hydrazine groups is 1. The zero-order chi connectivity index (χ0) is 6.53. The first kappa shape index (κ1) is 14.0. The standard InChI is InChI=1S/C6H14N2O.2ClH/c7-8-5-6-1-3-9-4-2-6;;/h6,8H,1-5,7H2;2*1H. The SMILES string of the molecule is Cl.Cl.NNCC1CCOCC1. The Morgan fingerprint density at radius 3 is 2.27 bits per heavy atom. The quantitative estimate of drug-likeness (QED) is 0.513. The van der Waals surface area contributed by atoms with Crippen LogP contribution in [0.15, 0.2) is 0 Å². The summed E-state index contributed by atoms with van der Waals surface area (Å²) in [4.78, 5) is 0. The van der Waals surface area contributed by atoms with Gasteiger partial charge in [-0.3, -0.25) is 11.3 Å². The van der Waals surface area contributed by atoms with E-state index in [0.717, 1.165) is 38.5 Å². The largest absolute Gasteiger partial charge is 0.381 e. The van der Waals surface area contributed by atoms with Gasteiger partial charge in [0.05, 0.1) is 0 Å². The van der Waals surface area contributed by atoms with E-state index in [2.05, 4.69) is 5.43 Å². The molecule has 0 aromatic rings. The molecule has 0 bridgehead atoms. The van der Waals surface area contributed by atoms with E-state index in [-0.39, 0.29) is 24.8 Å². The van der Waals surface area contributed by atoms with E-state index in [1.165, 1.54) is 0 Å². The van der Waals surface area contributed by atoms with Crippen molar-refractivity contribution in [2.45, 2.75) is 12.8 Å². The van der Waals surface area contributed by atoms with E-state index in [1.54, 1.807) is 0 Å². The molecule has 0 aromatic heterocycles. The second-order valence-electron chi connectivity index (χ2n) is 2.46. The summed E-state index contributed by atoms with van der Waals surface area (Å²) in [5.41, 5.74) is 2.68. The fourth-order valence-corrected chi connectivity index (χ4v) is 1.12. The summed E-state index contributed by atoms with van der Waals surface area (Å²) in [6, 6.07) is 0. The van der Waals surface area contributed by atoms with Crippen LogP contribution in [0, 0.1) is 5.92 Å². The first-order valence-electron chi connectivity index (χ1n) is 3.44. The molecule has 0 aromatic carbocycles. The molecule has 0 aliphatic carbocycles. The minimum Gasteiger partial charge on any atom is -0.381 e. The van der Waals surface area contributed by atoms with Crippen LogP contribution in [0.3, 0.4) is 0 Å². The van der Waals surface area contributed by atoms with Crippen molar-refractivity contribution in [2.24, 2.45) is 11.8 Å². The Bertz CT molecular complexity index is 76.2. The van der Waals surface area contributed by atoms with E-state index in [4.69, 9.17) is 10.6 Å². The zero-order valence-corrected chi connectivity index (χ0v) is 8.05. The minimum absolute atomic E-state index is 0. The highest BCUT2D eigenvalue weighted by atomic mass is 35.5. The number of hydrogen-bond donors (Lipinski definition) is 2. The molecule has 0 amide bonds. The van der Waals surface area contributed by atoms with Gasteiger partial charge in [-0.25, -0.2) is 0 Å². The third-order valence-corrected chi connectivity index (χ3v) is 1.75. The molecule has 3 nitrogen and oxygen atoms in total. The molecular weight excluding hydrogens is 187 g/mol. The molecule has 0 atom stereocenters. The fourth-order valence-electron chi connectivity index (χ4n) is 1.12. The Hall–Kier alpha value is 0.460. The normalized spacial score (nSPS) is 18.3. The lowest BCUT2D eigenvalue weighted by Crippen LogP contribution is -2.31. The Morgan fingerprint density at radius 1 is 1.27 bits per heavy atom. The highest BCUT2D eigenvalue weighted by molar-refractivity contribution is 5.85. The monoisotopic (exact) mass is 202 g/mol. The Morgan fingerprint density at radius 2 is 1.82 bits per heavy atom. The Labute approximate surface area is 79.8 Å². The highest BCUT2D eigenvalue weighted by Gasteiger charge is 2.11. The summed E-state index contributed by atoms with van der Waals surface area (Å²) < 4.78 is 5.18. The van der Waals surface area contributed by atoms with Gasteiger partial charge >= 0.3 is 0 Å². The molecule has 3 N–H and O–H groups in total. The smallest absolute Gasteiger partial charge is 0.0469 e. The fraction of sp³-hybridized carbons (Fsp3) is 1.00. The minimum atomic E-state index is 0. The molecule has 0 radical (unpaired) electrons. The van der Waals surface area contributed by atoms with Crippen LogP contribution in [-0.2, 0) is 4.74 Å². The summed E-state index contributed by atoms with van der Waals surface area (Å²) in [5, 5.41) is 0. The topological polar surface area (TPSA) is 47.3 Å². The maximum Gasteiger partial charge on any atom is 0.0469 e. The van der Waals surface area contributed by atoms with Gasteiger partial charge in [0.2, 0.25) is 0 Å². The summed E-state index contributed by atoms with van der Waals surface area (Å²) in [5.74, 6) is 5.91. The second kappa shape index (κ2) is 8.56. The number of nitrogens with two attached hydrogens (primary N) is 1. The second-order valence-corrected chi connectivity index (χ2v) is 2.46. The maximum absolute atomic E-state index is 5.18. The van der Waals surface area contributed by atoms with Gasteiger partial charge in [-0.15, -0.1) is 24.8 Å². The van der Waals surface area contributed by atoms with Crippen molar-refractivity contribution in [3.8, 4) is 0 Å². The molecule has 1 rings (SSSR count). The van der Waals surface area contributed by atoms with Crippen molar-refractivity contribution in [1.82, 2.24) is 5.43 Å². The van der Waals surface area contributed by atoms with Crippen molar-refractivity contribution >= 4 is 24.8 Å². The highest BCUT2D eigenvalue weighted by Crippen LogP contribution is 2.12. The van der Waals surface area contributed by atoms with E-state index >= 15 is 0 Å². The van der Waals surface area contributed by atoms with Crippen molar-refractivity contribution < 1.29 is 4.74 Å². The summed E-state index contributed by atoms with van der Waals surface area (Å²) in [6.45, 7) is 2.75. The lowest BCUT2D eigenvalue weighted by atomic mass is 10.0. The van der Waals surface area contributed by atoms with Gasteiger partial charge in [0.15, 0.2) is 0 Å². The molecule has 1 heterocycles. The van der Waals surface area contributed by atoms with Crippen molar-refractivity contribution in [1.29, 1.82) is 0 Å². The molecule has 1 aliphatic rings. The third kappa shape index (κ3) is 5.70. The lowest BCUT2D eigenvalue weighted by Gasteiger charge is -2.20. The molecule has 1 aliphatic heterocycles. The average Bonchev–Trinajstić information content (AvgIpc) is 1.91. The molecule has 11 heavy (non-hydrogen) atoms. The first-order valence-corrected chi connectivity index (χ1v) is 3.44. The number of ether oxygens (including phenoxy) is 1. The molecule has 5 heteroatoms. The van der Waals surface area contributed by atoms with Crippen LogP contribution in [-0.4, -0.2) is 19.8 Å². The van der Waals surface area contributed by atoms with E-state index in [0.29, 0.717) is 0 Å². The van der Waals surface area contributed by atoms with Crippen LogP contribution in [0.1, 0.15) is 12.8 Å². The predicted molar refractivity (Wildman–Crippen MR) is 50.2 cm³/mol. The molecule has 0 spiro atoms.